The van der Waals surface area contributed by atoms with E-state index in [0.29, 0.717) is 6.54 Å². The molecule has 21 heavy (non-hydrogen) atoms. The molecule has 0 fully saturated rings. The van der Waals surface area contributed by atoms with Crippen molar-refractivity contribution in [2.45, 2.75) is 19.4 Å². The molecule has 6 nitrogen and oxygen atoms in total. The molecule has 0 radical (unpaired) electrons. The summed E-state index contributed by atoms with van der Waals surface area (Å²) in [6, 6.07) is 8.33. The van der Waals surface area contributed by atoms with Crippen LogP contribution in [-0.4, -0.2) is 31.1 Å². The molecule has 3 aromatic rings. The van der Waals surface area contributed by atoms with Gasteiger partial charge in [-0.2, -0.15) is 0 Å². The lowest BCUT2D eigenvalue weighted by atomic mass is 10.2. The fraction of sp³-hybridized carbons (Fsp3) is 0.267. The van der Waals surface area contributed by atoms with Gasteiger partial charge in [-0.05, 0) is 37.1 Å². The highest BCUT2D eigenvalue weighted by Gasteiger charge is 2.02. The zero-order valence-electron chi connectivity index (χ0n) is 11.8. The molecule has 0 unspecified atom stereocenters. The lowest BCUT2D eigenvalue weighted by molar-refractivity contribution is 0.649. The van der Waals surface area contributed by atoms with E-state index in [2.05, 4.69) is 39.6 Å². The Morgan fingerprint density at radius 3 is 2.71 bits per heavy atom. The van der Waals surface area contributed by atoms with Crippen LogP contribution in [0.4, 0.5) is 0 Å². The molecule has 0 saturated carbocycles. The van der Waals surface area contributed by atoms with Gasteiger partial charge in [0, 0.05) is 24.3 Å². The Hall–Kier alpha value is -2.47. The zero-order chi connectivity index (χ0) is 14.5. The number of rotatable bonds is 6. The van der Waals surface area contributed by atoms with Crippen molar-refractivity contribution in [3.63, 3.8) is 0 Å². The molecule has 3 rings (SSSR count). The summed E-state index contributed by atoms with van der Waals surface area (Å²) in [5.74, 6) is 0. The van der Waals surface area contributed by atoms with E-state index < -0.39 is 0 Å². The molecule has 2 heterocycles. The van der Waals surface area contributed by atoms with Gasteiger partial charge in [0.2, 0.25) is 0 Å². The fourth-order valence-electron chi connectivity index (χ4n) is 2.19. The predicted octanol–water partition coefficient (Wildman–Crippen LogP) is 1.40. The topological polar surface area (TPSA) is 74.5 Å². The first-order chi connectivity index (χ1) is 10.3. The van der Waals surface area contributed by atoms with Crippen molar-refractivity contribution in [3.8, 4) is 5.69 Å². The monoisotopic (exact) mass is 282 g/mol. The molecule has 0 atom stereocenters. The van der Waals surface area contributed by atoms with Crippen LogP contribution in [0.3, 0.4) is 0 Å². The summed E-state index contributed by atoms with van der Waals surface area (Å²) < 4.78 is 3.84. The van der Waals surface area contributed by atoms with Gasteiger partial charge in [0.25, 0.3) is 0 Å². The van der Waals surface area contributed by atoms with Gasteiger partial charge in [0.15, 0.2) is 0 Å². The van der Waals surface area contributed by atoms with Crippen molar-refractivity contribution in [2.24, 2.45) is 5.73 Å². The van der Waals surface area contributed by atoms with Crippen molar-refractivity contribution < 1.29 is 0 Å². The summed E-state index contributed by atoms with van der Waals surface area (Å²) in [5, 5.41) is 8.30. The molecule has 108 valence electrons. The Bertz CT molecular complexity index is 669. The summed E-state index contributed by atoms with van der Waals surface area (Å²) in [5.41, 5.74) is 8.78. The number of nitrogens with two attached hydrogens (primary N) is 1. The fourth-order valence-corrected chi connectivity index (χ4v) is 2.19. The number of aromatic nitrogens is 5. The van der Waals surface area contributed by atoms with Crippen LogP contribution in [-0.2, 0) is 13.0 Å². The number of nitrogens with zero attached hydrogens (tertiary/aromatic N) is 5. The van der Waals surface area contributed by atoms with Crippen LogP contribution in [0.25, 0.3) is 5.69 Å². The van der Waals surface area contributed by atoms with E-state index >= 15 is 0 Å². The van der Waals surface area contributed by atoms with Crippen LogP contribution in [0.1, 0.15) is 17.7 Å². The summed E-state index contributed by atoms with van der Waals surface area (Å²) in [7, 11) is 0. The van der Waals surface area contributed by atoms with Crippen molar-refractivity contribution in [1.82, 2.24) is 24.5 Å². The second-order valence-electron chi connectivity index (χ2n) is 4.94. The van der Waals surface area contributed by atoms with Crippen LogP contribution in [0.2, 0.25) is 0 Å². The normalized spacial score (nSPS) is 10.9. The molecule has 0 saturated heterocycles. The molecule has 0 spiro atoms. The minimum absolute atomic E-state index is 0.683. The molecule has 0 aliphatic heterocycles. The minimum Gasteiger partial charge on any atom is -0.330 e. The zero-order valence-corrected chi connectivity index (χ0v) is 11.8. The first kappa shape index (κ1) is 13.5. The van der Waals surface area contributed by atoms with Crippen molar-refractivity contribution >= 4 is 0 Å². The van der Waals surface area contributed by atoms with Crippen molar-refractivity contribution in [2.75, 3.05) is 6.54 Å². The Morgan fingerprint density at radius 2 is 2.00 bits per heavy atom. The van der Waals surface area contributed by atoms with Crippen molar-refractivity contribution in [3.05, 3.63) is 60.4 Å². The first-order valence-electron chi connectivity index (χ1n) is 7.01. The quantitative estimate of drug-likeness (QED) is 0.741. The third-order valence-corrected chi connectivity index (χ3v) is 3.31. The van der Waals surface area contributed by atoms with E-state index in [1.807, 2.05) is 21.6 Å². The lowest BCUT2D eigenvalue weighted by Gasteiger charge is -2.04. The van der Waals surface area contributed by atoms with E-state index in [1.54, 1.807) is 12.5 Å². The van der Waals surface area contributed by atoms with Gasteiger partial charge in [0.1, 0.15) is 0 Å². The molecule has 0 aliphatic carbocycles. The average Bonchev–Trinajstić information content (AvgIpc) is 3.17. The third-order valence-electron chi connectivity index (χ3n) is 3.31. The van der Waals surface area contributed by atoms with Gasteiger partial charge >= 0.3 is 0 Å². The van der Waals surface area contributed by atoms with Gasteiger partial charge < -0.3 is 10.3 Å². The number of imidazole rings is 1. The lowest BCUT2D eigenvalue weighted by Crippen LogP contribution is -2.01. The van der Waals surface area contributed by atoms with E-state index in [4.69, 9.17) is 5.73 Å². The molecular weight excluding hydrogens is 264 g/mol. The Labute approximate surface area is 123 Å². The number of hydrogen-bond acceptors (Lipinski definition) is 4. The Kier molecular flexibility index (Phi) is 4.07. The third kappa shape index (κ3) is 3.35. The van der Waals surface area contributed by atoms with Crippen LogP contribution < -0.4 is 5.73 Å². The van der Waals surface area contributed by atoms with Crippen LogP contribution in [0.15, 0.2) is 49.2 Å². The van der Waals surface area contributed by atoms with Crippen molar-refractivity contribution in [1.29, 1.82) is 0 Å². The molecule has 0 aliphatic rings. The molecule has 1 aromatic carbocycles. The van der Waals surface area contributed by atoms with E-state index in [0.717, 1.165) is 30.8 Å². The maximum Gasteiger partial charge on any atom is 0.0991 e. The SMILES string of the molecule is NCCCc1cn(Cc2ccc(-n3ccnc3)cc2)nn1. The van der Waals surface area contributed by atoms with Gasteiger partial charge in [-0.25, -0.2) is 9.67 Å². The van der Waals surface area contributed by atoms with Gasteiger partial charge in [0.05, 0.1) is 18.6 Å². The van der Waals surface area contributed by atoms with Crippen LogP contribution in [0.5, 0.6) is 0 Å². The van der Waals surface area contributed by atoms with Crippen LogP contribution in [0, 0.1) is 0 Å². The smallest absolute Gasteiger partial charge is 0.0991 e. The average molecular weight is 282 g/mol. The Balaban J connectivity index is 1.66. The standard InChI is InChI=1S/C15H18N6/c16-7-1-2-14-11-21(19-18-14)10-13-3-5-15(6-4-13)20-9-8-17-12-20/h3-6,8-9,11-12H,1-2,7,10,16H2. The molecule has 2 aromatic heterocycles. The second kappa shape index (κ2) is 6.32. The van der Waals surface area contributed by atoms with Gasteiger partial charge in [-0.1, -0.05) is 17.3 Å². The first-order valence-corrected chi connectivity index (χ1v) is 7.01. The second-order valence-corrected chi connectivity index (χ2v) is 4.94. The van der Waals surface area contributed by atoms with Gasteiger partial charge in [-0.3, -0.25) is 0 Å². The maximum absolute atomic E-state index is 5.50. The highest BCUT2D eigenvalue weighted by atomic mass is 15.4. The number of hydrogen-bond donors (Lipinski definition) is 1. The summed E-state index contributed by atoms with van der Waals surface area (Å²) >= 11 is 0. The number of benzene rings is 1. The minimum atomic E-state index is 0.683. The predicted molar refractivity (Wildman–Crippen MR) is 80.1 cm³/mol. The molecule has 2 N–H and O–H groups in total. The van der Waals surface area contributed by atoms with E-state index in [-0.39, 0.29) is 0 Å². The maximum atomic E-state index is 5.50. The molecule has 0 amide bonds. The Morgan fingerprint density at radius 1 is 1.14 bits per heavy atom. The number of aryl methyl sites for hydroxylation is 1. The highest BCUT2D eigenvalue weighted by Crippen LogP contribution is 2.10. The largest absolute Gasteiger partial charge is 0.330 e. The molecular formula is C15H18N6. The van der Waals surface area contributed by atoms with E-state index in [1.165, 1.54) is 5.56 Å². The highest BCUT2D eigenvalue weighted by molar-refractivity contribution is 5.34. The van der Waals surface area contributed by atoms with E-state index in [9.17, 15) is 0 Å². The molecule has 0 bridgehead atoms. The summed E-state index contributed by atoms with van der Waals surface area (Å²) in [6.07, 6.45) is 9.30. The summed E-state index contributed by atoms with van der Waals surface area (Å²) in [6.45, 7) is 1.41. The molecule has 6 heteroatoms. The van der Waals surface area contributed by atoms with Crippen LogP contribution >= 0.6 is 0 Å². The summed E-state index contributed by atoms with van der Waals surface area (Å²) in [4.78, 5) is 4.05. The van der Waals surface area contributed by atoms with Gasteiger partial charge in [-0.15, -0.1) is 5.10 Å².